The molecule has 0 saturated heterocycles. The normalized spacial score (nSPS) is 10.4. The first-order valence-corrected chi connectivity index (χ1v) is 7.53. The number of hydrogen-bond acceptors (Lipinski definition) is 5. The predicted molar refractivity (Wildman–Crippen MR) is 93.6 cm³/mol. The highest BCUT2D eigenvalue weighted by molar-refractivity contribution is 6.32. The Balaban J connectivity index is 1.92. The molecule has 2 aromatic carbocycles. The van der Waals surface area contributed by atoms with Crippen LogP contribution in [0.4, 0.5) is 17.2 Å². The van der Waals surface area contributed by atoms with Crippen LogP contribution in [0.1, 0.15) is 5.69 Å². The first-order valence-electron chi connectivity index (χ1n) is 7.15. The Labute approximate surface area is 143 Å². The van der Waals surface area contributed by atoms with Gasteiger partial charge in [0.25, 0.3) is 5.69 Å². The summed E-state index contributed by atoms with van der Waals surface area (Å²) in [6.07, 6.45) is 0. The summed E-state index contributed by atoms with van der Waals surface area (Å²) >= 11 is 5.93. The van der Waals surface area contributed by atoms with Gasteiger partial charge in [0.05, 0.1) is 4.92 Å². The minimum atomic E-state index is -0.519. The van der Waals surface area contributed by atoms with Crippen LogP contribution in [0, 0.1) is 17.0 Å². The van der Waals surface area contributed by atoms with E-state index in [0.717, 1.165) is 11.3 Å². The molecule has 3 rings (SSSR count). The molecule has 0 bridgehead atoms. The molecule has 3 aromatic rings. The second kappa shape index (κ2) is 6.64. The standard InChI is InChI=1S/C17H13ClN4O2/c1-11-9-16(21-17(19-11)12-5-3-2-4-6-12)20-13-7-8-15(22(23)24)14(18)10-13/h2-10H,1H3,(H,19,20,21). The summed E-state index contributed by atoms with van der Waals surface area (Å²) < 4.78 is 0. The Hall–Kier alpha value is -2.99. The maximum Gasteiger partial charge on any atom is 0.288 e. The minimum absolute atomic E-state index is 0.0686. The molecule has 0 aliphatic carbocycles. The molecular formula is C17H13ClN4O2. The van der Waals surface area contributed by atoms with Crippen LogP contribution in [0.15, 0.2) is 54.6 Å². The van der Waals surface area contributed by atoms with Crippen LogP contribution in [0.5, 0.6) is 0 Å². The van der Waals surface area contributed by atoms with Crippen molar-refractivity contribution in [3.63, 3.8) is 0 Å². The largest absolute Gasteiger partial charge is 0.340 e. The van der Waals surface area contributed by atoms with Crippen LogP contribution in [-0.2, 0) is 0 Å². The van der Waals surface area contributed by atoms with E-state index in [2.05, 4.69) is 15.3 Å². The highest BCUT2D eigenvalue weighted by atomic mass is 35.5. The van der Waals surface area contributed by atoms with E-state index in [9.17, 15) is 10.1 Å². The number of halogens is 1. The molecule has 0 amide bonds. The lowest BCUT2D eigenvalue weighted by Crippen LogP contribution is -1.99. The van der Waals surface area contributed by atoms with Crippen molar-refractivity contribution in [3.05, 3.63) is 75.4 Å². The van der Waals surface area contributed by atoms with Gasteiger partial charge >= 0.3 is 0 Å². The van der Waals surface area contributed by atoms with E-state index in [1.165, 1.54) is 12.1 Å². The summed E-state index contributed by atoms with van der Waals surface area (Å²) in [6, 6.07) is 15.9. The number of aryl methyl sites for hydroxylation is 1. The van der Waals surface area contributed by atoms with Crippen molar-refractivity contribution < 1.29 is 4.92 Å². The molecule has 6 nitrogen and oxygen atoms in total. The molecule has 0 aliphatic heterocycles. The van der Waals surface area contributed by atoms with Crippen LogP contribution < -0.4 is 5.32 Å². The maximum absolute atomic E-state index is 10.8. The van der Waals surface area contributed by atoms with E-state index in [-0.39, 0.29) is 10.7 Å². The van der Waals surface area contributed by atoms with Crippen molar-refractivity contribution in [2.75, 3.05) is 5.32 Å². The molecule has 120 valence electrons. The van der Waals surface area contributed by atoms with Gasteiger partial charge in [0.1, 0.15) is 10.8 Å². The lowest BCUT2D eigenvalue weighted by atomic mass is 10.2. The lowest BCUT2D eigenvalue weighted by molar-refractivity contribution is -0.384. The fourth-order valence-electron chi connectivity index (χ4n) is 2.23. The van der Waals surface area contributed by atoms with E-state index in [1.807, 2.05) is 37.3 Å². The molecule has 0 atom stereocenters. The fourth-order valence-corrected chi connectivity index (χ4v) is 2.48. The number of aromatic nitrogens is 2. The van der Waals surface area contributed by atoms with Crippen LogP contribution in [0.25, 0.3) is 11.4 Å². The van der Waals surface area contributed by atoms with Crippen molar-refractivity contribution in [1.82, 2.24) is 9.97 Å². The molecular weight excluding hydrogens is 328 g/mol. The smallest absolute Gasteiger partial charge is 0.288 e. The fraction of sp³-hybridized carbons (Fsp3) is 0.0588. The number of nitro groups is 1. The van der Waals surface area contributed by atoms with Gasteiger partial charge in [0.2, 0.25) is 0 Å². The SMILES string of the molecule is Cc1cc(Nc2ccc([N+](=O)[O-])c(Cl)c2)nc(-c2ccccc2)n1. The van der Waals surface area contributed by atoms with Gasteiger partial charge < -0.3 is 5.32 Å². The third-order valence-corrected chi connectivity index (χ3v) is 3.61. The number of benzene rings is 2. The van der Waals surface area contributed by atoms with Crippen molar-refractivity contribution in [1.29, 1.82) is 0 Å². The summed E-state index contributed by atoms with van der Waals surface area (Å²) in [5, 5.41) is 14.0. The molecule has 0 radical (unpaired) electrons. The van der Waals surface area contributed by atoms with E-state index in [4.69, 9.17) is 11.6 Å². The van der Waals surface area contributed by atoms with Gasteiger partial charge in [-0.1, -0.05) is 41.9 Å². The second-order valence-electron chi connectivity index (χ2n) is 5.13. The number of nitrogens with zero attached hydrogens (tertiary/aromatic N) is 3. The van der Waals surface area contributed by atoms with E-state index >= 15 is 0 Å². The van der Waals surface area contributed by atoms with Gasteiger partial charge in [0, 0.05) is 29.1 Å². The Morgan fingerprint density at radius 2 is 1.83 bits per heavy atom. The van der Waals surface area contributed by atoms with E-state index in [1.54, 1.807) is 12.1 Å². The Kier molecular flexibility index (Phi) is 4.39. The van der Waals surface area contributed by atoms with Crippen LogP contribution in [0.2, 0.25) is 5.02 Å². The zero-order valence-electron chi connectivity index (χ0n) is 12.7. The van der Waals surface area contributed by atoms with Gasteiger partial charge in [0.15, 0.2) is 5.82 Å². The van der Waals surface area contributed by atoms with Gasteiger partial charge in [-0.3, -0.25) is 10.1 Å². The molecule has 1 N–H and O–H groups in total. The summed E-state index contributed by atoms with van der Waals surface area (Å²) in [6.45, 7) is 1.88. The van der Waals surface area contributed by atoms with Crippen molar-refractivity contribution in [2.45, 2.75) is 6.92 Å². The lowest BCUT2D eigenvalue weighted by Gasteiger charge is -2.09. The molecule has 0 spiro atoms. The number of hydrogen-bond donors (Lipinski definition) is 1. The Bertz CT molecular complexity index is 900. The highest BCUT2D eigenvalue weighted by Gasteiger charge is 2.12. The predicted octanol–water partition coefficient (Wildman–Crippen LogP) is 4.76. The molecule has 7 heteroatoms. The molecule has 0 saturated carbocycles. The summed E-state index contributed by atoms with van der Waals surface area (Å²) in [5.74, 6) is 1.19. The average molecular weight is 341 g/mol. The van der Waals surface area contributed by atoms with E-state index < -0.39 is 4.92 Å². The van der Waals surface area contributed by atoms with Crippen LogP contribution in [-0.4, -0.2) is 14.9 Å². The Morgan fingerprint density at radius 1 is 1.08 bits per heavy atom. The third-order valence-electron chi connectivity index (χ3n) is 3.30. The summed E-state index contributed by atoms with van der Waals surface area (Å²) in [4.78, 5) is 19.2. The zero-order chi connectivity index (χ0) is 17.1. The zero-order valence-corrected chi connectivity index (χ0v) is 13.5. The molecule has 1 aromatic heterocycles. The van der Waals surface area contributed by atoms with Crippen molar-refractivity contribution >= 4 is 28.8 Å². The maximum atomic E-state index is 10.8. The number of rotatable bonds is 4. The molecule has 0 unspecified atom stereocenters. The second-order valence-corrected chi connectivity index (χ2v) is 5.54. The first kappa shape index (κ1) is 15.9. The highest BCUT2D eigenvalue weighted by Crippen LogP contribution is 2.29. The number of nitrogens with one attached hydrogen (secondary N) is 1. The van der Waals surface area contributed by atoms with Gasteiger partial charge in [-0.25, -0.2) is 9.97 Å². The quantitative estimate of drug-likeness (QED) is 0.547. The van der Waals surface area contributed by atoms with Gasteiger partial charge in [-0.15, -0.1) is 0 Å². The molecule has 0 aliphatic rings. The topological polar surface area (TPSA) is 81.0 Å². The molecule has 24 heavy (non-hydrogen) atoms. The first-order chi connectivity index (χ1) is 11.5. The van der Waals surface area contributed by atoms with E-state index in [0.29, 0.717) is 17.3 Å². The van der Waals surface area contributed by atoms with Gasteiger partial charge in [-0.05, 0) is 19.1 Å². The third kappa shape index (κ3) is 3.49. The monoisotopic (exact) mass is 340 g/mol. The summed E-state index contributed by atoms with van der Waals surface area (Å²) in [7, 11) is 0. The van der Waals surface area contributed by atoms with Crippen LogP contribution in [0.3, 0.4) is 0 Å². The Morgan fingerprint density at radius 3 is 2.50 bits per heavy atom. The summed E-state index contributed by atoms with van der Waals surface area (Å²) in [5.41, 5.74) is 2.19. The van der Waals surface area contributed by atoms with Crippen molar-refractivity contribution in [2.24, 2.45) is 0 Å². The average Bonchev–Trinajstić information content (AvgIpc) is 2.55. The van der Waals surface area contributed by atoms with Crippen LogP contribution >= 0.6 is 11.6 Å². The molecule has 0 fully saturated rings. The number of anilines is 2. The number of nitro benzene ring substituents is 1. The van der Waals surface area contributed by atoms with Crippen molar-refractivity contribution in [3.8, 4) is 11.4 Å². The van der Waals surface area contributed by atoms with Gasteiger partial charge in [-0.2, -0.15) is 0 Å². The minimum Gasteiger partial charge on any atom is -0.340 e. The molecule has 1 heterocycles.